The minimum atomic E-state index is -0.151. The fourth-order valence-electron chi connectivity index (χ4n) is 2.80. The highest BCUT2D eigenvalue weighted by atomic mass is 16.6. The highest BCUT2D eigenvalue weighted by molar-refractivity contribution is 5.78. The summed E-state index contributed by atoms with van der Waals surface area (Å²) in [6.07, 6.45) is 1.99. The third-order valence-electron chi connectivity index (χ3n) is 3.94. The zero-order valence-electron chi connectivity index (χ0n) is 10.4. The zero-order valence-corrected chi connectivity index (χ0v) is 10.4. The van der Waals surface area contributed by atoms with Gasteiger partial charge in [-0.2, -0.15) is 0 Å². The van der Waals surface area contributed by atoms with Gasteiger partial charge in [-0.1, -0.05) is 24.3 Å². The molecule has 5 rings (SSSR count). The van der Waals surface area contributed by atoms with Crippen molar-refractivity contribution in [3.63, 3.8) is 0 Å². The zero-order chi connectivity index (χ0) is 12.8. The lowest BCUT2D eigenvalue weighted by atomic mass is 10.1. The van der Waals surface area contributed by atoms with Crippen molar-refractivity contribution in [2.24, 2.45) is 11.8 Å². The Morgan fingerprint density at radius 1 is 1.05 bits per heavy atom. The minimum Gasteiger partial charge on any atom is -0.491 e. The Bertz CT molecular complexity index is 563. The largest absolute Gasteiger partial charge is 0.491 e. The van der Waals surface area contributed by atoms with Gasteiger partial charge < -0.3 is 14.2 Å². The number of hydrogen-bond donors (Lipinski definition) is 0. The van der Waals surface area contributed by atoms with Gasteiger partial charge in [-0.25, -0.2) is 0 Å². The first-order chi connectivity index (χ1) is 9.33. The molecule has 4 heteroatoms. The maximum atomic E-state index is 12.0. The standard InChI is InChI=1S/C15H14O4/c16-15-13-12-5-11(19-14(12)13)8-17-6-9-3-1-2-4-10(9)7-18-15/h1-5,12-14H,6-8H2. The maximum absolute atomic E-state index is 12.0. The van der Waals surface area contributed by atoms with Crippen molar-refractivity contribution >= 4 is 5.97 Å². The second-order valence-electron chi connectivity index (χ2n) is 5.19. The van der Waals surface area contributed by atoms with Gasteiger partial charge in [-0.15, -0.1) is 0 Å². The van der Waals surface area contributed by atoms with Crippen LogP contribution in [0.4, 0.5) is 0 Å². The summed E-state index contributed by atoms with van der Waals surface area (Å²) >= 11 is 0. The monoisotopic (exact) mass is 258 g/mol. The summed E-state index contributed by atoms with van der Waals surface area (Å²) in [5.74, 6) is 0.773. The fourth-order valence-corrected chi connectivity index (χ4v) is 2.80. The smallest absolute Gasteiger partial charge is 0.313 e. The molecule has 0 aromatic heterocycles. The molecule has 1 aromatic carbocycles. The van der Waals surface area contributed by atoms with E-state index in [1.807, 2.05) is 30.3 Å². The molecule has 3 aliphatic heterocycles. The molecule has 3 heterocycles. The summed E-state index contributed by atoms with van der Waals surface area (Å²) in [7, 11) is 0. The van der Waals surface area contributed by atoms with E-state index in [0.29, 0.717) is 19.8 Å². The van der Waals surface area contributed by atoms with Crippen molar-refractivity contribution in [3.8, 4) is 0 Å². The van der Waals surface area contributed by atoms with E-state index in [1.54, 1.807) is 0 Å². The predicted molar refractivity (Wildman–Crippen MR) is 65.8 cm³/mol. The van der Waals surface area contributed by atoms with Crippen molar-refractivity contribution in [1.29, 1.82) is 0 Å². The molecule has 0 amide bonds. The summed E-state index contributed by atoms with van der Waals surface area (Å²) in [4.78, 5) is 12.0. The van der Waals surface area contributed by atoms with E-state index in [2.05, 4.69) is 0 Å². The summed E-state index contributed by atoms with van der Waals surface area (Å²) in [5.41, 5.74) is 2.07. The number of rotatable bonds is 0. The molecule has 1 fully saturated rings. The van der Waals surface area contributed by atoms with E-state index in [1.165, 1.54) is 0 Å². The second kappa shape index (κ2) is 4.10. The number of carbonyl (C=O) groups excluding carboxylic acids is 1. The van der Waals surface area contributed by atoms with Crippen molar-refractivity contribution in [1.82, 2.24) is 0 Å². The van der Waals surface area contributed by atoms with Gasteiger partial charge >= 0.3 is 5.97 Å². The van der Waals surface area contributed by atoms with Gasteiger partial charge in [0.2, 0.25) is 0 Å². The highest BCUT2D eigenvalue weighted by Gasteiger charge is 2.60. The van der Waals surface area contributed by atoms with E-state index >= 15 is 0 Å². The Morgan fingerprint density at radius 2 is 1.84 bits per heavy atom. The van der Waals surface area contributed by atoms with Gasteiger partial charge in [-0.05, 0) is 17.2 Å². The lowest BCUT2D eigenvalue weighted by molar-refractivity contribution is -0.148. The predicted octanol–water partition coefficient (Wildman–Crippen LogP) is 1.79. The Balaban J connectivity index is 1.60. The molecule has 4 aliphatic rings. The van der Waals surface area contributed by atoms with Crippen LogP contribution in [-0.4, -0.2) is 18.7 Å². The van der Waals surface area contributed by atoms with Crippen LogP contribution >= 0.6 is 0 Å². The second-order valence-corrected chi connectivity index (χ2v) is 5.19. The SMILES string of the molecule is O=C1OCc2ccccc2COCC2=CC3C(O2)C13. The van der Waals surface area contributed by atoms with Crippen LogP contribution < -0.4 is 0 Å². The highest BCUT2D eigenvalue weighted by Crippen LogP contribution is 2.50. The van der Waals surface area contributed by atoms with E-state index in [9.17, 15) is 4.79 Å². The van der Waals surface area contributed by atoms with Crippen LogP contribution in [-0.2, 0) is 32.2 Å². The van der Waals surface area contributed by atoms with E-state index in [4.69, 9.17) is 14.2 Å². The molecule has 1 aliphatic carbocycles. The Morgan fingerprint density at radius 3 is 2.58 bits per heavy atom. The lowest BCUT2D eigenvalue weighted by Gasteiger charge is -2.14. The quantitative estimate of drug-likeness (QED) is 0.665. The number of esters is 1. The third kappa shape index (κ3) is 1.83. The first-order valence-electron chi connectivity index (χ1n) is 6.51. The molecule has 4 bridgehead atoms. The van der Waals surface area contributed by atoms with Gasteiger partial charge in [0, 0.05) is 5.92 Å². The Kier molecular flexibility index (Phi) is 2.38. The number of hydrogen-bond acceptors (Lipinski definition) is 4. The van der Waals surface area contributed by atoms with Crippen LogP contribution in [0.25, 0.3) is 0 Å². The Labute approximate surface area is 111 Å². The van der Waals surface area contributed by atoms with Crippen LogP contribution in [0.1, 0.15) is 11.1 Å². The average molecular weight is 258 g/mol. The molecule has 98 valence electrons. The summed E-state index contributed by atoms with van der Waals surface area (Å²) in [5, 5.41) is 0. The molecule has 19 heavy (non-hydrogen) atoms. The summed E-state index contributed by atoms with van der Waals surface area (Å²) in [6.45, 7) is 1.29. The van der Waals surface area contributed by atoms with Crippen LogP contribution in [0.5, 0.6) is 0 Å². The van der Waals surface area contributed by atoms with Gasteiger partial charge in [-0.3, -0.25) is 4.79 Å². The van der Waals surface area contributed by atoms with Crippen molar-refractivity contribution in [2.45, 2.75) is 19.3 Å². The van der Waals surface area contributed by atoms with Gasteiger partial charge in [0.05, 0.1) is 6.61 Å². The number of fused-ring (bicyclic) bond motifs is 4. The number of carbonyl (C=O) groups is 1. The van der Waals surface area contributed by atoms with E-state index in [0.717, 1.165) is 16.9 Å². The molecule has 1 aromatic rings. The van der Waals surface area contributed by atoms with Crippen LogP contribution in [0.15, 0.2) is 36.1 Å². The molecule has 0 saturated heterocycles. The minimum absolute atomic E-state index is 0.0132. The van der Waals surface area contributed by atoms with Crippen molar-refractivity contribution in [3.05, 3.63) is 47.2 Å². The number of ether oxygens (including phenoxy) is 3. The molecule has 3 unspecified atom stereocenters. The van der Waals surface area contributed by atoms with Crippen molar-refractivity contribution < 1.29 is 19.0 Å². The average Bonchev–Trinajstić information content (AvgIpc) is 2.92. The molecule has 0 N–H and O–H groups in total. The van der Waals surface area contributed by atoms with E-state index < -0.39 is 0 Å². The third-order valence-corrected chi connectivity index (χ3v) is 3.94. The van der Waals surface area contributed by atoms with Crippen molar-refractivity contribution in [2.75, 3.05) is 6.61 Å². The van der Waals surface area contributed by atoms with Crippen LogP contribution in [0, 0.1) is 11.8 Å². The molecular formula is C15H14O4. The molecule has 1 saturated carbocycles. The van der Waals surface area contributed by atoms with Gasteiger partial charge in [0.25, 0.3) is 0 Å². The molecular weight excluding hydrogens is 244 g/mol. The summed E-state index contributed by atoms with van der Waals surface area (Å²) < 4.78 is 16.7. The fraction of sp³-hybridized carbons (Fsp3) is 0.400. The Hall–Kier alpha value is -1.81. The molecule has 0 radical (unpaired) electrons. The maximum Gasteiger partial charge on any atom is 0.313 e. The normalized spacial score (nSPS) is 32.1. The lowest BCUT2D eigenvalue weighted by Crippen LogP contribution is -2.15. The van der Waals surface area contributed by atoms with Crippen LogP contribution in [0.3, 0.4) is 0 Å². The number of benzene rings is 1. The first kappa shape index (κ1) is 11.1. The molecule has 4 nitrogen and oxygen atoms in total. The molecule has 0 spiro atoms. The topological polar surface area (TPSA) is 44.8 Å². The van der Waals surface area contributed by atoms with Crippen LogP contribution in [0.2, 0.25) is 0 Å². The summed E-state index contributed by atoms with van der Waals surface area (Å²) in [6, 6.07) is 7.87. The van der Waals surface area contributed by atoms with Gasteiger partial charge in [0.15, 0.2) is 0 Å². The first-order valence-corrected chi connectivity index (χ1v) is 6.51. The van der Waals surface area contributed by atoms with Gasteiger partial charge in [0.1, 0.15) is 31.0 Å². The van der Waals surface area contributed by atoms with E-state index in [-0.39, 0.29) is 23.9 Å². The molecule has 3 atom stereocenters.